The highest BCUT2D eigenvalue weighted by atomic mass is 16.5. The zero-order valence-corrected chi connectivity index (χ0v) is 18.4. The van der Waals surface area contributed by atoms with Gasteiger partial charge in [0.15, 0.2) is 5.82 Å². The summed E-state index contributed by atoms with van der Waals surface area (Å²) in [7, 11) is 6.57. The van der Waals surface area contributed by atoms with Crippen molar-refractivity contribution in [1.29, 1.82) is 0 Å². The minimum atomic E-state index is 0.453. The average molecular weight is 404 g/mol. The van der Waals surface area contributed by atoms with Crippen LogP contribution in [-0.2, 0) is 11.2 Å². The Morgan fingerprint density at radius 3 is 2.17 bits per heavy atom. The van der Waals surface area contributed by atoms with Gasteiger partial charge in [0, 0.05) is 13.7 Å². The van der Waals surface area contributed by atoms with Gasteiger partial charge in [-0.3, -0.25) is 0 Å². The lowest BCUT2D eigenvalue weighted by Crippen LogP contribution is -2.09. The number of nitrogens with one attached hydrogen (secondary N) is 1. The molecule has 160 valence electrons. The molecule has 0 atom stereocenters. The van der Waals surface area contributed by atoms with Crippen LogP contribution in [0.25, 0.3) is 11.3 Å². The quantitative estimate of drug-likeness (QED) is 0.531. The Bertz CT molecular complexity index is 771. The molecule has 2 rings (SSSR count). The molecule has 0 unspecified atom stereocenters. The first kappa shape index (κ1) is 22.7. The maximum Gasteiger partial charge on any atom is 0.257 e. The molecule has 29 heavy (non-hydrogen) atoms. The molecule has 7 nitrogen and oxygen atoms in total. The van der Waals surface area contributed by atoms with Crippen molar-refractivity contribution in [3.63, 3.8) is 0 Å². The Balaban J connectivity index is 2.47. The van der Waals surface area contributed by atoms with E-state index >= 15 is 0 Å². The molecule has 0 bridgehead atoms. The minimum Gasteiger partial charge on any atom is -0.496 e. The first-order chi connectivity index (χ1) is 14.1. The minimum absolute atomic E-state index is 0.453. The first-order valence-corrected chi connectivity index (χ1v) is 10.00. The smallest absolute Gasteiger partial charge is 0.257 e. The predicted molar refractivity (Wildman–Crippen MR) is 115 cm³/mol. The number of aryl methyl sites for hydroxylation is 1. The van der Waals surface area contributed by atoms with Crippen molar-refractivity contribution in [2.75, 3.05) is 46.9 Å². The predicted octanol–water partition coefficient (Wildman–Crippen LogP) is 4.27. The average Bonchev–Trinajstić information content (AvgIpc) is 2.74. The molecule has 0 amide bonds. The summed E-state index contributed by atoms with van der Waals surface area (Å²) in [5.74, 6) is 2.46. The normalized spacial score (nSPS) is 10.7. The van der Waals surface area contributed by atoms with Gasteiger partial charge in [-0.05, 0) is 37.5 Å². The maximum atomic E-state index is 5.67. The third-order valence-electron chi connectivity index (χ3n) is 4.70. The van der Waals surface area contributed by atoms with E-state index in [1.165, 1.54) is 12.8 Å². The lowest BCUT2D eigenvalue weighted by atomic mass is 10.0. The van der Waals surface area contributed by atoms with Gasteiger partial charge in [-0.25, -0.2) is 9.97 Å². The summed E-state index contributed by atoms with van der Waals surface area (Å²) in [5.41, 5.74) is 3.27. The number of hydrogen-bond acceptors (Lipinski definition) is 7. The molecule has 0 saturated heterocycles. The maximum absolute atomic E-state index is 5.67. The molecule has 0 aliphatic rings. The lowest BCUT2D eigenvalue weighted by molar-refractivity contribution is 0.202. The number of rotatable bonds is 12. The Morgan fingerprint density at radius 1 is 0.931 bits per heavy atom. The second kappa shape index (κ2) is 11.5. The molecular weight excluding hydrogens is 370 g/mol. The van der Waals surface area contributed by atoms with Gasteiger partial charge < -0.3 is 24.3 Å². The van der Waals surface area contributed by atoms with Crippen LogP contribution in [0, 0.1) is 6.92 Å². The summed E-state index contributed by atoms with van der Waals surface area (Å²) in [6, 6.07) is 3.97. The van der Waals surface area contributed by atoms with Crippen molar-refractivity contribution < 1.29 is 18.9 Å². The van der Waals surface area contributed by atoms with E-state index in [2.05, 4.69) is 12.2 Å². The van der Waals surface area contributed by atoms with Crippen molar-refractivity contribution in [3.05, 3.63) is 23.4 Å². The van der Waals surface area contributed by atoms with Crippen LogP contribution in [0.5, 0.6) is 17.4 Å². The fourth-order valence-electron chi connectivity index (χ4n) is 3.14. The Kier molecular flexibility index (Phi) is 8.99. The zero-order chi connectivity index (χ0) is 21.2. The summed E-state index contributed by atoms with van der Waals surface area (Å²) in [6.07, 6.45) is 4.18. The number of unbranched alkanes of at least 4 members (excludes halogenated alkanes) is 2. The molecule has 2 aromatic rings. The summed E-state index contributed by atoms with van der Waals surface area (Å²) >= 11 is 0. The van der Waals surface area contributed by atoms with Crippen molar-refractivity contribution in [3.8, 4) is 28.6 Å². The van der Waals surface area contributed by atoms with Crippen LogP contribution in [0.3, 0.4) is 0 Å². The number of nitrogens with zero attached hydrogens (tertiary/aromatic N) is 2. The number of benzene rings is 1. The van der Waals surface area contributed by atoms with Crippen molar-refractivity contribution >= 4 is 5.82 Å². The van der Waals surface area contributed by atoms with Crippen LogP contribution in [0.4, 0.5) is 5.82 Å². The number of anilines is 1. The SMILES string of the molecule is CCCCCNc1nc(C)c(-c2c(OC)cc(CCOC)cc2OC)nc1OC. The van der Waals surface area contributed by atoms with Crippen LogP contribution in [0.2, 0.25) is 0 Å². The second-order valence-electron chi connectivity index (χ2n) is 6.77. The highest BCUT2D eigenvalue weighted by molar-refractivity contribution is 5.77. The molecule has 0 aliphatic carbocycles. The van der Waals surface area contributed by atoms with Gasteiger partial charge in [0.25, 0.3) is 5.88 Å². The molecule has 0 spiro atoms. The molecule has 1 N–H and O–H groups in total. The molecule has 1 aromatic carbocycles. The van der Waals surface area contributed by atoms with Gasteiger partial charge in [0.2, 0.25) is 0 Å². The van der Waals surface area contributed by atoms with Crippen LogP contribution >= 0.6 is 0 Å². The molecule has 0 aliphatic heterocycles. The molecule has 1 aromatic heterocycles. The number of hydrogen-bond donors (Lipinski definition) is 1. The highest BCUT2D eigenvalue weighted by Gasteiger charge is 2.21. The Hall–Kier alpha value is -2.54. The monoisotopic (exact) mass is 403 g/mol. The molecule has 0 radical (unpaired) electrons. The van der Waals surface area contributed by atoms with E-state index in [9.17, 15) is 0 Å². The largest absolute Gasteiger partial charge is 0.496 e. The molecule has 7 heteroatoms. The third-order valence-corrected chi connectivity index (χ3v) is 4.70. The van der Waals surface area contributed by atoms with E-state index in [-0.39, 0.29) is 0 Å². The Labute approximate surface area is 173 Å². The number of aromatic nitrogens is 2. The van der Waals surface area contributed by atoms with E-state index in [4.69, 9.17) is 28.9 Å². The summed E-state index contributed by atoms with van der Waals surface area (Å²) in [6.45, 7) is 5.56. The van der Waals surface area contributed by atoms with Crippen LogP contribution in [0.1, 0.15) is 37.4 Å². The zero-order valence-electron chi connectivity index (χ0n) is 18.4. The van der Waals surface area contributed by atoms with Crippen molar-refractivity contribution in [1.82, 2.24) is 9.97 Å². The number of ether oxygens (including phenoxy) is 4. The molecule has 1 heterocycles. The van der Waals surface area contributed by atoms with Gasteiger partial charge in [-0.2, -0.15) is 0 Å². The van der Waals surface area contributed by atoms with E-state index in [0.717, 1.165) is 36.2 Å². The van der Waals surface area contributed by atoms with Gasteiger partial charge in [0.1, 0.15) is 17.2 Å². The standard InChI is InChI=1S/C22H33N3O4/c1-7-8-9-11-23-21-22(29-6)25-20(15(2)24-21)19-17(27-4)13-16(10-12-26-3)14-18(19)28-5/h13-14H,7-12H2,1-6H3,(H,23,24). The van der Waals surface area contributed by atoms with Crippen LogP contribution in [0.15, 0.2) is 12.1 Å². The Morgan fingerprint density at radius 2 is 1.62 bits per heavy atom. The van der Waals surface area contributed by atoms with E-state index in [1.54, 1.807) is 28.4 Å². The van der Waals surface area contributed by atoms with Crippen molar-refractivity contribution in [2.24, 2.45) is 0 Å². The molecule has 0 fully saturated rings. The first-order valence-electron chi connectivity index (χ1n) is 10.00. The number of methoxy groups -OCH3 is 4. The van der Waals surface area contributed by atoms with Gasteiger partial charge >= 0.3 is 0 Å². The topological polar surface area (TPSA) is 74.7 Å². The van der Waals surface area contributed by atoms with E-state index < -0.39 is 0 Å². The van der Waals surface area contributed by atoms with Crippen LogP contribution in [-0.4, -0.2) is 51.6 Å². The summed E-state index contributed by atoms with van der Waals surface area (Å²) in [4.78, 5) is 9.45. The van der Waals surface area contributed by atoms with Crippen molar-refractivity contribution in [2.45, 2.75) is 39.5 Å². The lowest BCUT2D eigenvalue weighted by Gasteiger charge is -2.18. The fourth-order valence-corrected chi connectivity index (χ4v) is 3.14. The summed E-state index contributed by atoms with van der Waals surface area (Å²) < 4.78 is 22.0. The highest BCUT2D eigenvalue weighted by Crippen LogP contribution is 2.41. The second-order valence-corrected chi connectivity index (χ2v) is 6.77. The molecule has 0 saturated carbocycles. The van der Waals surface area contributed by atoms with E-state index in [1.807, 2.05) is 19.1 Å². The third kappa shape index (κ3) is 5.73. The fraction of sp³-hybridized carbons (Fsp3) is 0.545. The van der Waals surface area contributed by atoms with Gasteiger partial charge in [-0.1, -0.05) is 19.8 Å². The molecular formula is C22H33N3O4. The van der Waals surface area contributed by atoms with Gasteiger partial charge in [-0.15, -0.1) is 0 Å². The summed E-state index contributed by atoms with van der Waals surface area (Å²) in [5, 5.41) is 3.33. The van der Waals surface area contributed by atoms with Crippen LogP contribution < -0.4 is 19.5 Å². The van der Waals surface area contributed by atoms with E-state index in [0.29, 0.717) is 35.5 Å². The van der Waals surface area contributed by atoms with Gasteiger partial charge in [0.05, 0.1) is 39.2 Å².